The molecule has 0 saturated carbocycles. The van der Waals surface area contributed by atoms with Gasteiger partial charge in [-0.2, -0.15) is 0 Å². The van der Waals surface area contributed by atoms with Crippen molar-refractivity contribution in [3.63, 3.8) is 0 Å². The van der Waals surface area contributed by atoms with Gasteiger partial charge < -0.3 is 24.2 Å². The van der Waals surface area contributed by atoms with Crippen LogP contribution >= 0.6 is 23.4 Å². The Morgan fingerprint density at radius 2 is 1.87 bits per heavy atom. The molecule has 0 radical (unpaired) electrons. The van der Waals surface area contributed by atoms with E-state index in [9.17, 15) is 9.59 Å². The summed E-state index contributed by atoms with van der Waals surface area (Å²) < 4.78 is 10.9. The Labute approximate surface area is 230 Å². The number of quaternary nitrogens is 1. The van der Waals surface area contributed by atoms with E-state index >= 15 is 0 Å². The third-order valence-corrected chi connectivity index (χ3v) is 8.41. The number of thioether (sulfide) groups is 1. The maximum Gasteiger partial charge on any atom is 0.264 e. The standard InChI is InChI=1S/C29H26ClN3O4S/c1-31-23-16-21(6-8-26(23)38-27(29(31)35)15-19-3-2-4-22(30)13-19)28(34)33-11-9-32(10-12-33)17-20-5-7-24-25(14-20)37-18-36-24/h2-8,13-16H,9-12,17-18H2,1H3/p+1. The molecule has 194 valence electrons. The number of amides is 2. The van der Waals surface area contributed by atoms with Crippen molar-refractivity contribution in [1.82, 2.24) is 4.90 Å². The van der Waals surface area contributed by atoms with E-state index in [2.05, 4.69) is 6.07 Å². The molecule has 7 nitrogen and oxygen atoms in total. The number of nitrogens with zero attached hydrogens (tertiary/aromatic N) is 2. The quantitative estimate of drug-likeness (QED) is 0.504. The van der Waals surface area contributed by atoms with Gasteiger partial charge in [-0.3, -0.25) is 9.59 Å². The van der Waals surface area contributed by atoms with Crippen LogP contribution in [0.2, 0.25) is 5.02 Å². The highest BCUT2D eigenvalue weighted by Crippen LogP contribution is 2.42. The zero-order chi connectivity index (χ0) is 26.2. The Morgan fingerprint density at radius 1 is 1.05 bits per heavy atom. The average molecular weight is 549 g/mol. The molecule has 1 saturated heterocycles. The van der Waals surface area contributed by atoms with Gasteiger partial charge in [0.25, 0.3) is 11.8 Å². The first-order chi connectivity index (χ1) is 18.4. The second kappa shape index (κ2) is 10.4. The first-order valence-corrected chi connectivity index (χ1v) is 13.7. The van der Waals surface area contributed by atoms with Crippen LogP contribution < -0.4 is 19.3 Å². The fourth-order valence-electron chi connectivity index (χ4n) is 5.00. The number of carbonyl (C=O) groups excluding carboxylic acids is 2. The summed E-state index contributed by atoms with van der Waals surface area (Å²) in [7, 11) is 1.75. The first kappa shape index (κ1) is 24.9. The number of nitrogens with one attached hydrogen (secondary N) is 1. The third-order valence-electron chi connectivity index (χ3n) is 7.10. The molecule has 6 rings (SSSR count). The molecule has 9 heteroatoms. The largest absolute Gasteiger partial charge is 0.454 e. The summed E-state index contributed by atoms with van der Waals surface area (Å²) in [4.78, 5) is 33.0. The van der Waals surface area contributed by atoms with E-state index in [1.54, 1.807) is 18.0 Å². The minimum Gasteiger partial charge on any atom is -0.454 e. The van der Waals surface area contributed by atoms with Crippen molar-refractivity contribution >= 4 is 46.9 Å². The highest BCUT2D eigenvalue weighted by atomic mass is 35.5. The van der Waals surface area contributed by atoms with Crippen molar-refractivity contribution in [2.24, 2.45) is 0 Å². The third kappa shape index (κ3) is 4.99. The van der Waals surface area contributed by atoms with Gasteiger partial charge in [0.2, 0.25) is 6.79 Å². The van der Waals surface area contributed by atoms with E-state index in [0.717, 1.165) is 47.3 Å². The molecule has 0 unspecified atom stereocenters. The molecule has 38 heavy (non-hydrogen) atoms. The lowest BCUT2D eigenvalue weighted by molar-refractivity contribution is -0.917. The predicted molar refractivity (Wildman–Crippen MR) is 148 cm³/mol. The molecule has 0 aromatic heterocycles. The van der Waals surface area contributed by atoms with Gasteiger partial charge in [0, 0.05) is 28.1 Å². The number of ether oxygens (including phenoxy) is 2. The maximum atomic E-state index is 13.4. The van der Waals surface area contributed by atoms with Crippen LogP contribution in [0.15, 0.2) is 70.5 Å². The number of fused-ring (bicyclic) bond motifs is 2. The van der Waals surface area contributed by atoms with E-state index in [4.69, 9.17) is 21.1 Å². The van der Waals surface area contributed by atoms with Crippen molar-refractivity contribution in [1.29, 1.82) is 0 Å². The van der Waals surface area contributed by atoms with Crippen molar-refractivity contribution in [2.45, 2.75) is 11.4 Å². The smallest absolute Gasteiger partial charge is 0.264 e. The maximum absolute atomic E-state index is 13.4. The number of carbonyl (C=O) groups is 2. The van der Waals surface area contributed by atoms with Crippen molar-refractivity contribution in [3.05, 3.63) is 87.3 Å². The molecule has 0 aliphatic carbocycles. The summed E-state index contributed by atoms with van der Waals surface area (Å²) in [6.07, 6.45) is 1.85. The minimum absolute atomic E-state index is 0.000968. The average Bonchev–Trinajstić information content (AvgIpc) is 3.40. The number of hydrogen-bond acceptors (Lipinski definition) is 5. The molecule has 3 aromatic rings. The molecule has 0 spiro atoms. The zero-order valence-electron chi connectivity index (χ0n) is 20.9. The lowest BCUT2D eigenvalue weighted by atomic mass is 10.1. The van der Waals surface area contributed by atoms with Gasteiger partial charge >= 0.3 is 0 Å². The fourth-order valence-corrected chi connectivity index (χ4v) is 6.29. The summed E-state index contributed by atoms with van der Waals surface area (Å²) in [5.41, 5.74) is 3.43. The molecule has 3 aliphatic rings. The lowest BCUT2D eigenvalue weighted by Crippen LogP contribution is -3.13. The molecule has 3 heterocycles. The van der Waals surface area contributed by atoms with Crippen LogP contribution in [0, 0.1) is 0 Å². The number of anilines is 1. The van der Waals surface area contributed by atoms with E-state index < -0.39 is 0 Å². The Morgan fingerprint density at radius 3 is 2.68 bits per heavy atom. The fraction of sp³-hybridized carbons (Fsp3) is 0.241. The van der Waals surface area contributed by atoms with Crippen LogP contribution in [0.5, 0.6) is 11.5 Å². The number of rotatable bonds is 4. The summed E-state index contributed by atoms with van der Waals surface area (Å²) in [5, 5.41) is 0.625. The van der Waals surface area contributed by atoms with Gasteiger partial charge in [-0.25, -0.2) is 0 Å². The summed E-state index contributed by atoms with van der Waals surface area (Å²) in [6.45, 7) is 4.27. The topological polar surface area (TPSA) is 63.5 Å². The molecule has 2 amide bonds. The van der Waals surface area contributed by atoms with E-state index in [0.29, 0.717) is 28.6 Å². The van der Waals surface area contributed by atoms with Gasteiger partial charge in [-0.1, -0.05) is 35.5 Å². The van der Waals surface area contributed by atoms with Crippen molar-refractivity contribution < 1.29 is 24.0 Å². The number of benzene rings is 3. The highest BCUT2D eigenvalue weighted by Gasteiger charge is 2.30. The monoisotopic (exact) mass is 548 g/mol. The van der Waals surface area contributed by atoms with Crippen LogP contribution in [0.1, 0.15) is 21.5 Å². The van der Waals surface area contributed by atoms with E-state index in [1.165, 1.54) is 22.2 Å². The molecule has 1 N–H and O–H groups in total. The highest BCUT2D eigenvalue weighted by molar-refractivity contribution is 8.04. The van der Waals surface area contributed by atoms with E-state index in [1.807, 2.05) is 59.5 Å². The van der Waals surface area contributed by atoms with Gasteiger partial charge in [0.1, 0.15) is 6.54 Å². The second-order valence-electron chi connectivity index (χ2n) is 9.62. The number of piperazine rings is 1. The predicted octanol–water partition coefficient (Wildman–Crippen LogP) is 3.72. The zero-order valence-corrected chi connectivity index (χ0v) is 22.5. The molecular weight excluding hydrogens is 522 g/mol. The second-order valence-corrected chi connectivity index (χ2v) is 11.1. The van der Waals surface area contributed by atoms with Gasteiger partial charge in [0.15, 0.2) is 11.5 Å². The molecule has 3 aromatic carbocycles. The summed E-state index contributed by atoms with van der Waals surface area (Å²) >= 11 is 7.52. The van der Waals surface area contributed by atoms with Crippen LogP contribution in [0.25, 0.3) is 6.08 Å². The van der Waals surface area contributed by atoms with Crippen LogP contribution in [0.4, 0.5) is 5.69 Å². The van der Waals surface area contributed by atoms with Gasteiger partial charge in [-0.15, -0.1) is 0 Å². The summed E-state index contributed by atoms with van der Waals surface area (Å²) in [5.74, 6) is 1.49. The normalized spacial score (nSPS) is 18.2. The van der Waals surface area contributed by atoms with Gasteiger partial charge in [0.05, 0.1) is 36.8 Å². The molecule has 1 fully saturated rings. The van der Waals surface area contributed by atoms with Crippen LogP contribution in [-0.2, 0) is 11.3 Å². The van der Waals surface area contributed by atoms with Crippen molar-refractivity contribution in [3.8, 4) is 11.5 Å². The molecule has 0 bridgehead atoms. The minimum atomic E-state index is -0.104. The lowest BCUT2D eigenvalue weighted by Gasteiger charge is -2.33. The Kier molecular flexibility index (Phi) is 6.78. The van der Waals surface area contributed by atoms with E-state index in [-0.39, 0.29) is 18.6 Å². The first-order valence-electron chi connectivity index (χ1n) is 12.5. The van der Waals surface area contributed by atoms with Gasteiger partial charge in [-0.05, 0) is 60.2 Å². The Hall–Kier alpha value is -3.46. The Balaban J connectivity index is 1.11. The van der Waals surface area contributed by atoms with Crippen LogP contribution in [0.3, 0.4) is 0 Å². The van der Waals surface area contributed by atoms with Crippen molar-refractivity contribution in [2.75, 3.05) is 44.9 Å². The number of likely N-dealkylation sites (N-methyl/N-ethyl adjacent to an activating group) is 1. The molecular formula is C29H27ClN3O4S+. The Bertz CT molecular complexity index is 1450. The van der Waals surface area contributed by atoms with Crippen LogP contribution in [-0.4, -0.2) is 56.7 Å². The SMILES string of the molecule is CN1C(=O)C(=Cc2cccc(Cl)c2)Sc2ccc(C(=O)N3CC[NH+](Cc4ccc5c(c4)OCO5)CC3)cc21. The molecule has 0 atom stereocenters. The number of halogens is 1. The number of hydrogen-bond donors (Lipinski definition) is 1. The summed E-state index contributed by atoms with van der Waals surface area (Å²) in [6, 6.07) is 19.1. The molecule has 3 aliphatic heterocycles.